The predicted octanol–water partition coefficient (Wildman–Crippen LogP) is 5.81. The van der Waals surface area contributed by atoms with Crippen LogP contribution in [0.2, 0.25) is 18.1 Å². The zero-order valence-corrected chi connectivity index (χ0v) is 21.0. The van der Waals surface area contributed by atoms with Gasteiger partial charge in [-0.15, -0.1) is 0 Å². The van der Waals surface area contributed by atoms with Crippen LogP contribution in [0.1, 0.15) is 38.8 Å². The van der Waals surface area contributed by atoms with Crippen LogP contribution in [0.15, 0.2) is 60.7 Å². The highest BCUT2D eigenvalue weighted by atomic mass is 28.4. The van der Waals surface area contributed by atoms with Gasteiger partial charge in [-0.05, 0) is 29.3 Å². The van der Waals surface area contributed by atoms with Gasteiger partial charge in [-0.3, -0.25) is 0 Å². The highest BCUT2D eigenvalue weighted by Gasteiger charge is 2.38. The Morgan fingerprint density at radius 3 is 1.87 bits per heavy atom. The summed E-state index contributed by atoms with van der Waals surface area (Å²) in [7, 11) is -1.92. The summed E-state index contributed by atoms with van der Waals surface area (Å²) in [4.78, 5) is 0. The van der Waals surface area contributed by atoms with E-state index in [1.165, 1.54) is 0 Å². The van der Waals surface area contributed by atoms with Crippen molar-refractivity contribution in [2.45, 2.75) is 71.2 Å². The maximum atomic E-state index is 10.8. The molecule has 3 atom stereocenters. The van der Waals surface area contributed by atoms with Crippen LogP contribution in [-0.4, -0.2) is 38.8 Å². The number of hydrogen-bond donors (Lipinski definition) is 1. The van der Waals surface area contributed by atoms with Crippen LogP contribution in [0.3, 0.4) is 0 Å². The highest BCUT2D eigenvalue weighted by Crippen LogP contribution is 2.37. The molecule has 0 spiro atoms. The van der Waals surface area contributed by atoms with Gasteiger partial charge in [0.1, 0.15) is 0 Å². The summed E-state index contributed by atoms with van der Waals surface area (Å²) >= 11 is 0. The quantitative estimate of drug-likeness (QED) is 0.420. The van der Waals surface area contributed by atoms with E-state index in [0.29, 0.717) is 19.8 Å². The molecule has 2 aromatic carbocycles. The number of aliphatic hydroxyl groups excluding tert-OH is 1. The van der Waals surface area contributed by atoms with Crippen molar-refractivity contribution in [3.63, 3.8) is 0 Å². The van der Waals surface area contributed by atoms with Crippen LogP contribution in [0.5, 0.6) is 0 Å². The van der Waals surface area contributed by atoms with Crippen LogP contribution in [0.25, 0.3) is 0 Å². The molecule has 0 unspecified atom stereocenters. The number of rotatable bonds is 12. The molecule has 0 radical (unpaired) electrons. The second kappa shape index (κ2) is 11.9. The molecule has 0 aliphatic rings. The topological polar surface area (TPSA) is 47.9 Å². The Kier molecular flexibility index (Phi) is 9.91. The molecule has 2 rings (SSSR count). The molecule has 0 aromatic heterocycles. The van der Waals surface area contributed by atoms with E-state index in [1.54, 1.807) is 0 Å². The third-order valence-corrected chi connectivity index (χ3v) is 10.8. The van der Waals surface area contributed by atoms with Crippen molar-refractivity contribution in [1.29, 1.82) is 0 Å². The van der Waals surface area contributed by atoms with Gasteiger partial charge in [0.15, 0.2) is 8.32 Å². The van der Waals surface area contributed by atoms with Crippen LogP contribution in [0.4, 0.5) is 0 Å². The monoisotopic (exact) mass is 444 g/mol. The molecule has 1 N–H and O–H groups in total. The lowest BCUT2D eigenvalue weighted by molar-refractivity contribution is -0.0814. The molecule has 0 saturated heterocycles. The van der Waals surface area contributed by atoms with Crippen molar-refractivity contribution in [3.8, 4) is 0 Å². The summed E-state index contributed by atoms with van der Waals surface area (Å²) in [6.45, 7) is 14.9. The average molecular weight is 445 g/mol. The Bertz CT molecular complexity index is 743. The molecule has 2 aromatic rings. The van der Waals surface area contributed by atoms with E-state index in [1.807, 2.05) is 55.5 Å². The Labute approximate surface area is 189 Å². The summed E-state index contributed by atoms with van der Waals surface area (Å²) in [5.41, 5.74) is 2.21. The lowest BCUT2D eigenvalue weighted by Gasteiger charge is -2.38. The molecular formula is C26H40O4Si. The Morgan fingerprint density at radius 2 is 1.35 bits per heavy atom. The zero-order chi connectivity index (χ0) is 22.9. The molecule has 0 aliphatic heterocycles. The van der Waals surface area contributed by atoms with Crippen LogP contribution in [-0.2, 0) is 27.1 Å². The smallest absolute Gasteiger partial charge is 0.192 e. The fourth-order valence-corrected chi connectivity index (χ4v) is 3.92. The number of aliphatic hydroxyl groups is 1. The van der Waals surface area contributed by atoms with Gasteiger partial charge >= 0.3 is 0 Å². The van der Waals surface area contributed by atoms with E-state index < -0.39 is 14.4 Å². The van der Waals surface area contributed by atoms with E-state index >= 15 is 0 Å². The maximum absolute atomic E-state index is 10.8. The fraction of sp³-hybridized carbons (Fsp3) is 0.538. The summed E-state index contributed by atoms with van der Waals surface area (Å²) < 4.78 is 18.5. The van der Waals surface area contributed by atoms with E-state index in [2.05, 4.69) is 46.0 Å². The van der Waals surface area contributed by atoms with Crippen molar-refractivity contribution in [3.05, 3.63) is 71.8 Å². The van der Waals surface area contributed by atoms with E-state index in [4.69, 9.17) is 13.9 Å². The Morgan fingerprint density at radius 1 is 0.839 bits per heavy atom. The van der Waals surface area contributed by atoms with E-state index in [-0.39, 0.29) is 23.7 Å². The number of benzene rings is 2. The molecule has 0 saturated carbocycles. The molecule has 0 amide bonds. The number of hydrogen-bond acceptors (Lipinski definition) is 4. The average Bonchev–Trinajstić information content (AvgIpc) is 2.74. The minimum Gasteiger partial charge on any atom is -0.414 e. The van der Waals surface area contributed by atoms with Crippen LogP contribution < -0.4 is 0 Å². The van der Waals surface area contributed by atoms with Gasteiger partial charge in [0.05, 0.1) is 38.6 Å². The minimum atomic E-state index is -1.92. The van der Waals surface area contributed by atoms with Crippen molar-refractivity contribution >= 4 is 8.32 Å². The first kappa shape index (κ1) is 25.8. The normalized spacial score (nSPS) is 15.5. The van der Waals surface area contributed by atoms with Gasteiger partial charge in [-0.2, -0.15) is 0 Å². The first-order valence-corrected chi connectivity index (χ1v) is 14.1. The van der Waals surface area contributed by atoms with Crippen molar-refractivity contribution in [2.75, 3.05) is 13.2 Å². The first-order valence-electron chi connectivity index (χ1n) is 11.2. The van der Waals surface area contributed by atoms with Gasteiger partial charge in [-0.25, -0.2) is 0 Å². The largest absolute Gasteiger partial charge is 0.414 e. The fourth-order valence-electron chi connectivity index (χ4n) is 2.91. The van der Waals surface area contributed by atoms with Gasteiger partial charge < -0.3 is 19.0 Å². The second-order valence-corrected chi connectivity index (χ2v) is 14.6. The summed E-state index contributed by atoms with van der Waals surface area (Å²) in [5, 5.41) is 10.9. The molecule has 5 heteroatoms. The molecule has 172 valence electrons. The van der Waals surface area contributed by atoms with E-state index in [9.17, 15) is 5.11 Å². The van der Waals surface area contributed by atoms with E-state index in [0.717, 1.165) is 11.1 Å². The lowest BCUT2D eigenvalue weighted by atomic mass is 9.99. The molecule has 31 heavy (non-hydrogen) atoms. The predicted molar refractivity (Wildman–Crippen MR) is 129 cm³/mol. The minimum absolute atomic E-state index is 0.121. The van der Waals surface area contributed by atoms with Crippen molar-refractivity contribution in [1.82, 2.24) is 0 Å². The standard InChI is InChI=1S/C26H40O4Si/c1-21(24(27)19-28-17-22-13-9-7-10-14-22)25(20-30-31(5,6)26(2,3)4)29-18-23-15-11-8-12-16-23/h7-16,21,24-25,27H,17-20H2,1-6H3/t21-,24+,25-/m1/s1. The van der Waals surface area contributed by atoms with Crippen molar-refractivity contribution < 1.29 is 19.0 Å². The van der Waals surface area contributed by atoms with Crippen LogP contribution >= 0.6 is 0 Å². The molecular weight excluding hydrogens is 404 g/mol. The first-order chi connectivity index (χ1) is 14.6. The zero-order valence-electron chi connectivity index (χ0n) is 20.0. The molecule has 0 fully saturated rings. The van der Waals surface area contributed by atoms with Crippen molar-refractivity contribution in [2.24, 2.45) is 5.92 Å². The third kappa shape index (κ3) is 8.51. The van der Waals surface area contributed by atoms with Gasteiger partial charge in [0.25, 0.3) is 0 Å². The van der Waals surface area contributed by atoms with Crippen LogP contribution in [0, 0.1) is 5.92 Å². The SMILES string of the molecule is C[C@H]([C@@H](O)COCc1ccccc1)[C@@H](CO[Si](C)(C)C(C)(C)C)OCc1ccccc1. The number of ether oxygens (including phenoxy) is 2. The molecule has 0 aliphatic carbocycles. The summed E-state index contributed by atoms with van der Waals surface area (Å²) in [5.74, 6) is -0.121. The highest BCUT2D eigenvalue weighted by molar-refractivity contribution is 6.74. The summed E-state index contributed by atoms with van der Waals surface area (Å²) in [6, 6.07) is 20.1. The van der Waals surface area contributed by atoms with Gasteiger partial charge in [-0.1, -0.05) is 88.4 Å². The second-order valence-electron chi connectivity index (χ2n) is 9.83. The summed E-state index contributed by atoms with van der Waals surface area (Å²) in [6.07, 6.45) is -0.850. The lowest BCUT2D eigenvalue weighted by Crippen LogP contribution is -2.45. The molecule has 0 heterocycles. The van der Waals surface area contributed by atoms with Gasteiger partial charge in [0, 0.05) is 5.92 Å². The third-order valence-electron chi connectivity index (χ3n) is 6.32. The molecule has 4 nitrogen and oxygen atoms in total. The Balaban J connectivity index is 1.97. The maximum Gasteiger partial charge on any atom is 0.192 e. The Hall–Kier alpha value is -1.50. The van der Waals surface area contributed by atoms with Gasteiger partial charge in [0.2, 0.25) is 0 Å². The molecule has 0 bridgehead atoms.